The number of cyclic esters (lactones) is 1. The summed E-state index contributed by atoms with van der Waals surface area (Å²) in [5.74, 6) is 0.307. The third-order valence-corrected chi connectivity index (χ3v) is 2.02. The number of nitrogen functional groups attached to an aromatic ring is 1. The lowest BCUT2D eigenvalue weighted by Crippen LogP contribution is -2.21. The number of nitrogens with two attached hydrogens (primary N) is 1. The van der Waals surface area contributed by atoms with Crippen LogP contribution in [0.3, 0.4) is 0 Å². The third kappa shape index (κ3) is 1.79. The molecule has 1 saturated heterocycles. The van der Waals surface area contributed by atoms with Crippen molar-refractivity contribution in [3.63, 3.8) is 0 Å². The maximum Gasteiger partial charge on any atom is 0.347 e. The highest BCUT2D eigenvalue weighted by molar-refractivity contribution is 5.76. The van der Waals surface area contributed by atoms with Crippen molar-refractivity contribution in [2.75, 3.05) is 12.3 Å². The minimum atomic E-state index is -0.475. The van der Waals surface area contributed by atoms with Crippen LogP contribution >= 0.6 is 0 Å². The summed E-state index contributed by atoms with van der Waals surface area (Å²) in [6, 6.07) is 7.00. The molecule has 0 aromatic heterocycles. The summed E-state index contributed by atoms with van der Waals surface area (Å²) in [6.45, 7) is 0.436. The summed E-state index contributed by atoms with van der Waals surface area (Å²) in [6.07, 6.45) is 0.130. The van der Waals surface area contributed by atoms with Gasteiger partial charge in [0.2, 0.25) is 0 Å². The molecule has 1 fully saturated rings. The number of anilines is 1. The van der Waals surface area contributed by atoms with E-state index in [1.165, 1.54) is 0 Å². The Hall–Kier alpha value is -1.71. The normalized spacial score (nSPS) is 20.6. The number of carbonyl (C=O) groups excluding carboxylic acids is 1. The summed E-state index contributed by atoms with van der Waals surface area (Å²) < 4.78 is 10.2. The average molecular weight is 193 g/mol. The molecular formula is C10H11NO3. The van der Waals surface area contributed by atoms with E-state index in [9.17, 15) is 4.79 Å². The Balaban J connectivity index is 2.07. The molecule has 1 aromatic carbocycles. The van der Waals surface area contributed by atoms with E-state index in [4.69, 9.17) is 15.2 Å². The first-order chi connectivity index (χ1) is 6.75. The Morgan fingerprint density at radius 2 is 2.36 bits per heavy atom. The van der Waals surface area contributed by atoms with Crippen molar-refractivity contribution in [2.45, 2.75) is 12.5 Å². The van der Waals surface area contributed by atoms with Crippen LogP contribution in [0.2, 0.25) is 0 Å². The molecule has 1 heterocycles. The third-order valence-electron chi connectivity index (χ3n) is 2.02. The smallest absolute Gasteiger partial charge is 0.347 e. The van der Waals surface area contributed by atoms with Crippen molar-refractivity contribution in [1.82, 2.24) is 0 Å². The van der Waals surface area contributed by atoms with Gasteiger partial charge in [-0.25, -0.2) is 4.79 Å². The molecule has 4 nitrogen and oxygen atoms in total. The van der Waals surface area contributed by atoms with E-state index in [-0.39, 0.29) is 5.97 Å². The van der Waals surface area contributed by atoms with E-state index >= 15 is 0 Å². The highest BCUT2D eigenvalue weighted by Crippen LogP contribution is 2.19. The van der Waals surface area contributed by atoms with Gasteiger partial charge in [-0.3, -0.25) is 0 Å². The van der Waals surface area contributed by atoms with E-state index < -0.39 is 6.10 Å². The van der Waals surface area contributed by atoms with Crippen molar-refractivity contribution in [3.05, 3.63) is 24.3 Å². The zero-order valence-corrected chi connectivity index (χ0v) is 7.60. The first-order valence-corrected chi connectivity index (χ1v) is 4.44. The number of hydrogen-bond acceptors (Lipinski definition) is 4. The fraction of sp³-hybridized carbons (Fsp3) is 0.300. The number of esters is 1. The van der Waals surface area contributed by atoms with Gasteiger partial charge in [-0.2, -0.15) is 0 Å². The highest BCUT2D eigenvalue weighted by atomic mass is 16.6. The van der Waals surface area contributed by atoms with E-state index in [0.29, 0.717) is 24.5 Å². The van der Waals surface area contributed by atoms with Gasteiger partial charge in [-0.1, -0.05) is 6.07 Å². The van der Waals surface area contributed by atoms with Gasteiger partial charge in [0, 0.05) is 18.2 Å². The zero-order chi connectivity index (χ0) is 9.97. The predicted molar refractivity (Wildman–Crippen MR) is 50.8 cm³/mol. The Morgan fingerprint density at radius 3 is 3.00 bits per heavy atom. The molecule has 4 heteroatoms. The van der Waals surface area contributed by atoms with E-state index in [2.05, 4.69) is 0 Å². The lowest BCUT2D eigenvalue weighted by atomic mass is 10.3. The van der Waals surface area contributed by atoms with Crippen molar-refractivity contribution in [1.29, 1.82) is 0 Å². The minimum Gasteiger partial charge on any atom is -0.479 e. The molecule has 1 aromatic rings. The molecule has 0 saturated carbocycles. The molecule has 0 radical (unpaired) electrons. The first kappa shape index (κ1) is 8.87. The lowest BCUT2D eigenvalue weighted by Gasteiger charge is -2.09. The van der Waals surface area contributed by atoms with Crippen molar-refractivity contribution in [2.24, 2.45) is 0 Å². The molecule has 0 bridgehead atoms. The second-order valence-corrected chi connectivity index (χ2v) is 3.14. The molecule has 0 aliphatic carbocycles. The molecule has 2 rings (SSSR count). The quantitative estimate of drug-likeness (QED) is 0.561. The van der Waals surface area contributed by atoms with Gasteiger partial charge in [0.15, 0.2) is 6.10 Å². The van der Waals surface area contributed by atoms with Crippen LogP contribution in [-0.2, 0) is 9.53 Å². The van der Waals surface area contributed by atoms with Gasteiger partial charge in [0.1, 0.15) is 5.75 Å². The second kappa shape index (κ2) is 3.57. The van der Waals surface area contributed by atoms with Crippen LogP contribution in [0.15, 0.2) is 24.3 Å². The molecule has 0 amide bonds. The predicted octanol–water partition coefficient (Wildman–Crippen LogP) is 0.963. The molecule has 14 heavy (non-hydrogen) atoms. The standard InChI is InChI=1S/C10H11NO3/c11-7-2-1-3-8(6-7)14-9-4-5-13-10(9)12/h1-3,6,9H,4-5,11H2. The van der Waals surface area contributed by atoms with E-state index in [1.807, 2.05) is 0 Å². The summed E-state index contributed by atoms with van der Waals surface area (Å²) >= 11 is 0. The summed E-state index contributed by atoms with van der Waals surface area (Å²) in [5, 5.41) is 0. The maximum absolute atomic E-state index is 11.1. The summed E-state index contributed by atoms with van der Waals surface area (Å²) in [5.41, 5.74) is 6.19. The summed E-state index contributed by atoms with van der Waals surface area (Å²) in [4.78, 5) is 11.1. The molecule has 74 valence electrons. The molecule has 1 unspecified atom stereocenters. The molecule has 1 atom stereocenters. The van der Waals surface area contributed by atoms with Crippen LogP contribution in [0.4, 0.5) is 5.69 Å². The number of ether oxygens (including phenoxy) is 2. The van der Waals surface area contributed by atoms with E-state index in [1.54, 1.807) is 24.3 Å². The van der Waals surface area contributed by atoms with Gasteiger partial charge < -0.3 is 15.2 Å². The Kier molecular flexibility index (Phi) is 2.26. The number of hydrogen-bond donors (Lipinski definition) is 1. The second-order valence-electron chi connectivity index (χ2n) is 3.14. The maximum atomic E-state index is 11.1. The van der Waals surface area contributed by atoms with Crippen LogP contribution < -0.4 is 10.5 Å². The number of carbonyl (C=O) groups is 1. The van der Waals surface area contributed by atoms with Crippen molar-refractivity contribution < 1.29 is 14.3 Å². The van der Waals surface area contributed by atoms with Crippen LogP contribution in [0.5, 0.6) is 5.75 Å². The van der Waals surface area contributed by atoms with Gasteiger partial charge in [-0.05, 0) is 12.1 Å². The van der Waals surface area contributed by atoms with Crippen molar-refractivity contribution >= 4 is 11.7 Å². The zero-order valence-electron chi connectivity index (χ0n) is 7.60. The number of rotatable bonds is 2. The van der Waals surface area contributed by atoms with Crippen LogP contribution in [0.25, 0.3) is 0 Å². The average Bonchev–Trinajstić information content (AvgIpc) is 2.52. The minimum absolute atomic E-state index is 0.299. The van der Waals surface area contributed by atoms with Crippen LogP contribution in [-0.4, -0.2) is 18.7 Å². The van der Waals surface area contributed by atoms with Crippen LogP contribution in [0.1, 0.15) is 6.42 Å². The van der Waals surface area contributed by atoms with E-state index in [0.717, 1.165) is 0 Å². The SMILES string of the molecule is Nc1cccc(OC2CCOC2=O)c1. The number of benzene rings is 1. The van der Waals surface area contributed by atoms with Gasteiger partial charge in [0.25, 0.3) is 0 Å². The molecule has 2 N–H and O–H groups in total. The summed E-state index contributed by atoms with van der Waals surface area (Å²) in [7, 11) is 0. The topological polar surface area (TPSA) is 61.6 Å². The Morgan fingerprint density at radius 1 is 1.50 bits per heavy atom. The van der Waals surface area contributed by atoms with Gasteiger partial charge in [-0.15, -0.1) is 0 Å². The fourth-order valence-electron chi connectivity index (χ4n) is 1.34. The molecule has 1 aliphatic rings. The Labute approximate surface area is 81.6 Å². The highest BCUT2D eigenvalue weighted by Gasteiger charge is 2.28. The molecular weight excluding hydrogens is 182 g/mol. The lowest BCUT2D eigenvalue weighted by molar-refractivity contribution is -0.143. The van der Waals surface area contributed by atoms with Crippen molar-refractivity contribution in [3.8, 4) is 5.75 Å². The first-order valence-electron chi connectivity index (χ1n) is 4.44. The Bertz CT molecular complexity index is 351. The monoisotopic (exact) mass is 193 g/mol. The molecule has 1 aliphatic heterocycles. The van der Waals surface area contributed by atoms with Gasteiger partial charge >= 0.3 is 5.97 Å². The fourth-order valence-corrected chi connectivity index (χ4v) is 1.34. The van der Waals surface area contributed by atoms with Gasteiger partial charge in [0.05, 0.1) is 6.61 Å². The largest absolute Gasteiger partial charge is 0.479 e. The molecule has 0 spiro atoms. The van der Waals surface area contributed by atoms with Crippen LogP contribution in [0, 0.1) is 0 Å².